The van der Waals surface area contributed by atoms with Crippen LogP contribution >= 0.6 is 0 Å². The minimum Gasteiger partial charge on any atom is -0.444 e. The van der Waals surface area contributed by atoms with Crippen LogP contribution in [0, 0.1) is 0 Å². The van der Waals surface area contributed by atoms with Gasteiger partial charge in [-0.25, -0.2) is 4.79 Å². The van der Waals surface area contributed by atoms with Gasteiger partial charge in [-0.3, -0.25) is 0 Å². The van der Waals surface area contributed by atoms with Gasteiger partial charge in [0, 0.05) is 6.54 Å². The molecule has 2 N–H and O–H groups in total. The van der Waals surface area contributed by atoms with Crippen molar-refractivity contribution < 1.29 is 66.7 Å². The van der Waals surface area contributed by atoms with E-state index in [4.69, 9.17) is 61.9 Å². The maximum absolute atomic E-state index is 11.5. The predicted molar refractivity (Wildman–Crippen MR) is 160 cm³/mol. The molecule has 0 aromatic rings. The lowest BCUT2D eigenvalue weighted by Crippen LogP contribution is -2.34. The van der Waals surface area contributed by atoms with Gasteiger partial charge in [0.25, 0.3) is 0 Å². The van der Waals surface area contributed by atoms with Crippen molar-refractivity contribution >= 4 is 6.09 Å². The van der Waals surface area contributed by atoms with E-state index >= 15 is 0 Å². The largest absolute Gasteiger partial charge is 0.444 e. The Balaban J connectivity index is 3.09. The second-order valence-electron chi connectivity index (χ2n) is 9.89. The van der Waals surface area contributed by atoms with Crippen molar-refractivity contribution in [2.24, 2.45) is 0 Å². The molecule has 0 unspecified atom stereocenters. The molecule has 0 atom stereocenters. The summed E-state index contributed by atoms with van der Waals surface area (Å²) in [6.45, 7) is 16.3. The lowest BCUT2D eigenvalue weighted by Gasteiger charge is -2.19. The first kappa shape index (κ1) is 42.8. The number of nitrogens with one attached hydrogen (secondary N) is 1. The molecule has 0 aromatic carbocycles. The molecule has 0 aliphatic carbocycles. The Kier molecular flexibility index (Phi) is 33.7. The maximum atomic E-state index is 11.5. The average Bonchev–Trinajstić information content (AvgIpc) is 2.98. The topological polar surface area (TPSA) is 160 Å². The second kappa shape index (κ2) is 34.7. The average molecular weight is 646 g/mol. The molecule has 15 heteroatoms. The summed E-state index contributed by atoms with van der Waals surface area (Å²) in [6, 6.07) is 0. The number of aliphatic hydroxyl groups is 1. The molecular formula is C29H59NO14. The van der Waals surface area contributed by atoms with Crippen LogP contribution in [0.15, 0.2) is 0 Å². The Morgan fingerprint density at radius 1 is 0.432 bits per heavy atom. The molecule has 0 aromatic heterocycles. The molecule has 1 amide bonds. The molecule has 0 bridgehead atoms. The van der Waals surface area contributed by atoms with Crippen LogP contribution in [0.4, 0.5) is 4.79 Å². The molecule has 0 aliphatic heterocycles. The number of rotatable bonds is 35. The lowest BCUT2D eigenvalue weighted by atomic mass is 10.2. The number of carbonyl (C=O) groups excluding carboxylic acids is 1. The van der Waals surface area contributed by atoms with Crippen LogP contribution < -0.4 is 5.32 Å². The summed E-state index contributed by atoms with van der Waals surface area (Å²) in [5, 5.41) is 11.2. The van der Waals surface area contributed by atoms with Crippen molar-refractivity contribution in [3.8, 4) is 0 Å². The quantitative estimate of drug-likeness (QED) is 0.0927. The lowest BCUT2D eigenvalue weighted by molar-refractivity contribution is -0.0278. The smallest absolute Gasteiger partial charge is 0.407 e. The van der Waals surface area contributed by atoms with Crippen molar-refractivity contribution in [1.29, 1.82) is 0 Å². The standard InChI is InChI=1S/C29H59NO14/c1-29(2,3)44-28(32)30-4-6-33-8-10-35-12-14-37-16-18-39-20-22-41-24-26-43-27-25-42-23-21-40-19-17-38-15-13-36-11-9-34-7-5-31/h31H,4-27H2,1-3H3,(H,30,32). The molecule has 0 saturated heterocycles. The molecule has 0 saturated carbocycles. The van der Waals surface area contributed by atoms with Gasteiger partial charge in [0.1, 0.15) is 5.60 Å². The van der Waals surface area contributed by atoms with Gasteiger partial charge in [-0.1, -0.05) is 0 Å². The zero-order chi connectivity index (χ0) is 32.2. The predicted octanol–water partition coefficient (Wildman–Crippen LogP) is 0.686. The first-order chi connectivity index (χ1) is 21.5. The summed E-state index contributed by atoms with van der Waals surface area (Å²) in [5.41, 5.74) is -0.512. The number of aliphatic hydroxyl groups excluding tert-OH is 1. The van der Waals surface area contributed by atoms with Crippen LogP contribution in [0.5, 0.6) is 0 Å². The molecular weight excluding hydrogens is 586 g/mol. The first-order valence-corrected chi connectivity index (χ1v) is 15.4. The third kappa shape index (κ3) is 38.8. The third-order valence-electron chi connectivity index (χ3n) is 4.87. The minimum atomic E-state index is -0.512. The van der Waals surface area contributed by atoms with Gasteiger partial charge in [-0.2, -0.15) is 0 Å². The zero-order valence-electron chi connectivity index (χ0n) is 27.2. The maximum Gasteiger partial charge on any atom is 0.407 e. The summed E-state index contributed by atoms with van der Waals surface area (Å²) in [6.07, 6.45) is -0.454. The van der Waals surface area contributed by atoms with Gasteiger partial charge < -0.3 is 67.3 Å². The highest BCUT2D eigenvalue weighted by atomic mass is 16.6. The zero-order valence-corrected chi connectivity index (χ0v) is 27.2. The van der Waals surface area contributed by atoms with Gasteiger partial charge in [0.15, 0.2) is 0 Å². The van der Waals surface area contributed by atoms with E-state index in [9.17, 15) is 4.79 Å². The third-order valence-corrected chi connectivity index (χ3v) is 4.87. The van der Waals surface area contributed by atoms with Crippen LogP contribution in [-0.2, 0) is 56.8 Å². The van der Waals surface area contributed by atoms with E-state index in [2.05, 4.69) is 5.32 Å². The molecule has 0 rings (SSSR count). The van der Waals surface area contributed by atoms with E-state index in [1.54, 1.807) is 0 Å². The molecule has 0 spiro atoms. The Labute approximate surface area is 263 Å². The second-order valence-corrected chi connectivity index (χ2v) is 9.89. The number of ether oxygens (including phenoxy) is 12. The Morgan fingerprint density at radius 2 is 0.659 bits per heavy atom. The number of amides is 1. The molecule has 264 valence electrons. The normalized spacial score (nSPS) is 11.7. The number of hydrogen-bond acceptors (Lipinski definition) is 14. The van der Waals surface area contributed by atoms with E-state index in [-0.39, 0.29) is 6.61 Å². The van der Waals surface area contributed by atoms with Gasteiger partial charge >= 0.3 is 6.09 Å². The Hall–Kier alpha value is -1.21. The molecule has 44 heavy (non-hydrogen) atoms. The summed E-state index contributed by atoms with van der Waals surface area (Å²) < 4.78 is 64.4. The van der Waals surface area contributed by atoms with Gasteiger partial charge in [0.2, 0.25) is 0 Å². The number of carbonyl (C=O) groups is 1. The summed E-state index contributed by atoms with van der Waals surface area (Å²) in [5.74, 6) is 0. The molecule has 15 nitrogen and oxygen atoms in total. The summed E-state index contributed by atoms with van der Waals surface area (Å²) >= 11 is 0. The summed E-state index contributed by atoms with van der Waals surface area (Å²) in [4.78, 5) is 11.5. The van der Waals surface area contributed by atoms with E-state index in [1.165, 1.54) is 0 Å². The van der Waals surface area contributed by atoms with Gasteiger partial charge in [0.05, 0.1) is 152 Å². The highest BCUT2D eigenvalue weighted by Crippen LogP contribution is 2.06. The molecule has 0 radical (unpaired) electrons. The minimum absolute atomic E-state index is 0.0219. The number of hydrogen-bond donors (Lipinski definition) is 2. The number of alkyl carbamates (subject to hydrolysis) is 1. The fraction of sp³-hybridized carbons (Fsp3) is 0.966. The molecule has 0 fully saturated rings. The van der Waals surface area contributed by atoms with E-state index in [0.29, 0.717) is 152 Å². The molecule has 0 aliphatic rings. The van der Waals surface area contributed by atoms with E-state index in [1.807, 2.05) is 20.8 Å². The van der Waals surface area contributed by atoms with E-state index < -0.39 is 11.7 Å². The van der Waals surface area contributed by atoms with Crippen molar-refractivity contribution in [3.63, 3.8) is 0 Å². The molecule has 0 heterocycles. The monoisotopic (exact) mass is 645 g/mol. The first-order valence-electron chi connectivity index (χ1n) is 15.4. The fourth-order valence-corrected chi connectivity index (χ4v) is 2.91. The Morgan fingerprint density at radius 3 is 0.886 bits per heavy atom. The van der Waals surface area contributed by atoms with Crippen LogP contribution in [-0.4, -0.2) is 175 Å². The van der Waals surface area contributed by atoms with Gasteiger partial charge in [-0.15, -0.1) is 0 Å². The van der Waals surface area contributed by atoms with Crippen molar-refractivity contribution in [2.45, 2.75) is 26.4 Å². The van der Waals surface area contributed by atoms with Crippen molar-refractivity contribution in [2.75, 3.05) is 159 Å². The van der Waals surface area contributed by atoms with Crippen LogP contribution in [0.3, 0.4) is 0 Å². The van der Waals surface area contributed by atoms with Crippen LogP contribution in [0.2, 0.25) is 0 Å². The highest BCUT2D eigenvalue weighted by Gasteiger charge is 2.15. The van der Waals surface area contributed by atoms with E-state index in [0.717, 1.165) is 0 Å². The summed E-state index contributed by atoms with van der Waals surface area (Å²) in [7, 11) is 0. The van der Waals surface area contributed by atoms with Crippen LogP contribution in [0.25, 0.3) is 0 Å². The van der Waals surface area contributed by atoms with Crippen molar-refractivity contribution in [1.82, 2.24) is 5.32 Å². The fourth-order valence-electron chi connectivity index (χ4n) is 2.91. The van der Waals surface area contributed by atoms with Gasteiger partial charge in [-0.05, 0) is 20.8 Å². The Bertz CT molecular complexity index is 583. The highest BCUT2D eigenvalue weighted by molar-refractivity contribution is 5.67. The SMILES string of the molecule is CC(C)(C)OC(=O)NCCOCCOCCOCCOCCOCCOCCOCCOCCOCCOCCOCCO. The van der Waals surface area contributed by atoms with Crippen molar-refractivity contribution in [3.05, 3.63) is 0 Å². The van der Waals surface area contributed by atoms with Crippen LogP contribution in [0.1, 0.15) is 20.8 Å².